The van der Waals surface area contributed by atoms with Gasteiger partial charge in [0.1, 0.15) is 5.82 Å². The summed E-state index contributed by atoms with van der Waals surface area (Å²) in [5.74, 6) is 0.956. The molecule has 0 aromatic carbocycles. The monoisotopic (exact) mass is 260 g/mol. The summed E-state index contributed by atoms with van der Waals surface area (Å²) in [5, 5.41) is 15.7. The molecule has 100 valence electrons. The molecule has 2 heterocycles. The van der Waals surface area contributed by atoms with Crippen LogP contribution in [-0.4, -0.2) is 26.0 Å². The molecule has 0 atom stereocenters. The minimum atomic E-state index is -1.13. The Bertz CT molecular complexity index is 584. The quantitative estimate of drug-likeness (QED) is 0.869. The summed E-state index contributed by atoms with van der Waals surface area (Å²) in [6.07, 6.45) is 0.510. The van der Waals surface area contributed by atoms with E-state index in [4.69, 9.17) is 5.11 Å². The number of carboxylic acid groups (broad SMARTS) is 1. The second-order valence-electron chi connectivity index (χ2n) is 5.19. The Balaban J connectivity index is 2.52. The molecule has 0 saturated heterocycles. The molecule has 0 aliphatic heterocycles. The molecule has 2 N–H and O–H groups in total. The van der Waals surface area contributed by atoms with E-state index in [-0.39, 0.29) is 5.41 Å². The van der Waals surface area contributed by atoms with Gasteiger partial charge in [-0.15, -0.1) is 0 Å². The summed E-state index contributed by atoms with van der Waals surface area (Å²) in [4.78, 5) is 15.0. The number of carbonyl (C=O) groups is 1. The Morgan fingerprint density at radius 2 is 2.11 bits per heavy atom. The highest BCUT2D eigenvalue weighted by Crippen LogP contribution is 2.25. The van der Waals surface area contributed by atoms with Crippen LogP contribution in [0.2, 0.25) is 0 Å². The van der Waals surface area contributed by atoms with Crippen LogP contribution in [-0.2, 0) is 5.41 Å². The van der Waals surface area contributed by atoms with Crippen molar-refractivity contribution in [3.8, 4) is 5.82 Å². The van der Waals surface area contributed by atoms with E-state index in [2.05, 4.69) is 15.4 Å². The molecule has 0 saturated carbocycles. The molecule has 1 amide bonds. The predicted molar refractivity (Wildman–Crippen MR) is 71.7 cm³/mol. The molecular formula is C13H16N4O2. The van der Waals surface area contributed by atoms with Gasteiger partial charge in [-0.3, -0.25) is 5.32 Å². The lowest BCUT2D eigenvalue weighted by Crippen LogP contribution is -2.13. The molecule has 0 fully saturated rings. The van der Waals surface area contributed by atoms with Crippen molar-refractivity contribution >= 4 is 11.9 Å². The van der Waals surface area contributed by atoms with E-state index in [1.54, 1.807) is 24.4 Å². The third kappa shape index (κ3) is 2.90. The van der Waals surface area contributed by atoms with Gasteiger partial charge in [0.05, 0.1) is 5.69 Å². The van der Waals surface area contributed by atoms with Crippen molar-refractivity contribution in [3.63, 3.8) is 0 Å². The van der Waals surface area contributed by atoms with Gasteiger partial charge in [0.25, 0.3) is 0 Å². The molecule has 2 aromatic rings. The van der Waals surface area contributed by atoms with Gasteiger partial charge in [-0.05, 0) is 12.1 Å². The molecule has 0 aliphatic carbocycles. The zero-order valence-electron chi connectivity index (χ0n) is 11.1. The first kappa shape index (κ1) is 13.1. The highest BCUT2D eigenvalue weighted by molar-refractivity contribution is 5.82. The fraction of sp³-hybridized carbons (Fsp3) is 0.308. The number of hydrogen-bond acceptors (Lipinski definition) is 3. The van der Waals surface area contributed by atoms with Crippen LogP contribution in [0.15, 0.2) is 30.5 Å². The number of aromatic nitrogens is 3. The lowest BCUT2D eigenvalue weighted by molar-refractivity contribution is 0.209. The molecule has 19 heavy (non-hydrogen) atoms. The minimum absolute atomic E-state index is 0.172. The highest BCUT2D eigenvalue weighted by atomic mass is 16.4. The Morgan fingerprint density at radius 3 is 2.63 bits per heavy atom. The summed E-state index contributed by atoms with van der Waals surface area (Å²) < 4.78 is 1.49. The molecule has 6 nitrogen and oxygen atoms in total. The number of anilines is 1. The number of hydrogen-bond donors (Lipinski definition) is 2. The molecule has 0 spiro atoms. The Hall–Kier alpha value is -2.37. The summed E-state index contributed by atoms with van der Waals surface area (Å²) in [6.45, 7) is 6.05. The van der Waals surface area contributed by atoms with E-state index in [9.17, 15) is 4.79 Å². The van der Waals surface area contributed by atoms with Gasteiger partial charge in [0.15, 0.2) is 5.82 Å². The van der Waals surface area contributed by atoms with E-state index in [0.29, 0.717) is 11.6 Å². The van der Waals surface area contributed by atoms with Gasteiger partial charge < -0.3 is 5.11 Å². The van der Waals surface area contributed by atoms with Crippen molar-refractivity contribution in [2.45, 2.75) is 26.2 Å². The first-order valence-electron chi connectivity index (χ1n) is 5.90. The fourth-order valence-corrected chi connectivity index (χ4v) is 1.60. The minimum Gasteiger partial charge on any atom is -0.465 e. The molecule has 2 rings (SSSR count). The summed E-state index contributed by atoms with van der Waals surface area (Å²) >= 11 is 0. The average molecular weight is 260 g/mol. The Kier molecular flexibility index (Phi) is 3.25. The van der Waals surface area contributed by atoms with Gasteiger partial charge in [0.2, 0.25) is 0 Å². The van der Waals surface area contributed by atoms with Gasteiger partial charge >= 0.3 is 6.09 Å². The van der Waals surface area contributed by atoms with E-state index in [1.807, 2.05) is 26.8 Å². The zero-order chi connectivity index (χ0) is 14.0. The van der Waals surface area contributed by atoms with Crippen molar-refractivity contribution in [3.05, 3.63) is 36.2 Å². The lowest BCUT2D eigenvalue weighted by Gasteiger charge is -2.13. The maximum absolute atomic E-state index is 10.8. The maximum Gasteiger partial charge on any atom is 0.410 e. The molecule has 2 aromatic heterocycles. The molecule has 6 heteroatoms. The fourth-order valence-electron chi connectivity index (χ4n) is 1.60. The summed E-state index contributed by atoms with van der Waals surface area (Å²) in [7, 11) is 0. The molecule has 0 radical (unpaired) electrons. The van der Waals surface area contributed by atoms with Crippen molar-refractivity contribution in [1.29, 1.82) is 0 Å². The smallest absolute Gasteiger partial charge is 0.410 e. The second-order valence-corrected chi connectivity index (χ2v) is 5.19. The summed E-state index contributed by atoms with van der Waals surface area (Å²) in [5.41, 5.74) is 0.622. The van der Waals surface area contributed by atoms with Gasteiger partial charge in [0, 0.05) is 17.7 Å². The van der Waals surface area contributed by atoms with Gasteiger partial charge in [-0.25, -0.2) is 9.78 Å². The third-order valence-electron chi connectivity index (χ3n) is 2.58. The first-order chi connectivity index (χ1) is 8.88. The zero-order valence-corrected chi connectivity index (χ0v) is 11.1. The van der Waals surface area contributed by atoms with Crippen LogP contribution in [0.1, 0.15) is 26.5 Å². The first-order valence-corrected chi connectivity index (χ1v) is 5.90. The second kappa shape index (κ2) is 4.72. The van der Waals surface area contributed by atoms with Gasteiger partial charge in [-0.1, -0.05) is 26.8 Å². The van der Waals surface area contributed by atoms with Crippen molar-refractivity contribution in [1.82, 2.24) is 14.8 Å². The van der Waals surface area contributed by atoms with Crippen LogP contribution >= 0.6 is 0 Å². The number of amides is 1. The average Bonchev–Trinajstić information content (AvgIpc) is 2.73. The van der Waals surface area contributed by atoms with Crippen LogP contribution in [0.5, 0.6) is 0 Å². The van der Waals surface area contributed by atoms with Crippen LogP contribution in [0.4, 0.5) is 10.6 Å². The number of nitrogens with zero attached hydrogens (tertiary/aromatic N) is 3. The van der Waals surface area contributed by atoms with Crippen LogP contribution in [0.3, 0.4) is 0 Å². The molecule has 0 bridgehead atoms. The van der Waals surface area contributed by atoms with E-state index in [0.717, 1.165) is 5.69 Å². The Labute approximate surface area is 111 Å². The SMILES string of the molecule is CC(C)(C)c1cc(NC(=O)O)n(-c2ccccn2)n1. The van der Waals surface area contributed by atoms with E-state index in [1.165, 1.54) is 4.68 Å². The number of pyridine rings is 1. The maximum atomic E-state index is 10.8. The molecular weight excluding hydrogens is 244 g/mol. The standard InChI is InChI=1S/C13H16N4O2/c1-13(2,3)9-8-11(15-12(18)19)17(16-9)10-6-4-5-7-14-10/h4-8,15H,1-3H3,(H,18,19). The topological polar surface area (TPSA) is 80.0 Å². The van der Waals surface area contributed by atoms with Gasteiger partial charge in [-0.2, -0.15) is 9.78 Å². The third-order valence-corrected chi connectivity index (χ3v) is 2.58. The normalized spacial score (nSPS) is 11.3. The largest absolute Gasteiger partial charge is 0.465 e. The van der Waals surface area contributed by atoms with Crippen LogP contribution in [0.25, 0.3) is 5.82 Å². The highest BCUT2D eigenvalue weighted by Gasteiger charge is 2.21. The Morgan fingerprint density at radius 1 is 1.37 bits per heavy atom. The van der Waals surface area contributed by atoms with Crippen molar-refractivity contribution < 1.29 is 9.90 Å². The predicted octanol–water partition coefficient (Wildman–Crippen LogP) is 2.65. The van der Waals surface area contributed by atoms with Crippen molar-refractivity contribution in [2.24, 2.45) is 0 Å². The summed E-state index contributed by atoms with van der Waals surface area (Å²) in [6, 6.07) is 7.11. The van der Waals surface area contributed by atoms with Crippen LogP contribution in [0, 0.1) is 0 Å². The molecule has 0 unspecified atom stereocenters. The van der Waals surface area contributed by atoms with Crippen LogP contribution < -0.4 is 5.32 Å². The number of nitrogens with one attached hydrogen (secondary N) is 1. The molecule has 0 aliphatic rings. The van der Waals surface area contributed by atoms with E-state index >= 15 is 0 Å². The van der Waals surface area contributed by atoms with E-state index < -0.39 is 6.09 Å². The number of rotatable bonds is 2. The van der Waals surface area contributed by atoms with Crippen molar-refractivity contribution in [2.75, 3.05) is 5.32 Å². The lowest BCUT2D eigenvalue weighted by atomic mass is 9.92.